The molecule has 0 radical (unpaired) electrons. The molecule has 7 heteroatoms. The highest BCUT2D eigenvalue weighted by Gasteiger charge is 2.11. The number of methoxy groups -OCH3 is 1. The van der Waals surface area contributed by atoms with Crippen LogP contribution in [0.15, 0.2) is 58.7 Å². The van der Waals surface area contributed by atoms with Crippen LogP contribution in [0.5, 0.6) is 11.5 Å². The van der Waals surface area contributed by atoms with Gasteiger partial charge in [0.1, 0.15) is 28.9 Å². The molecule has 0 spiro atoms. The molecule has 0 unspecified atom stereocenters. The van der Waals surface area contributed by atoms with Crippen molar-refractivity contribution in [3.63, 3.8) is 0 Å². The van der Waals surface area contributed by atoms with E-state index in [0.717, 1.165) is 35.2 Å². The summed E-state index contributed by atoms with van der Waals surface area (Å²) < 4.78 is 12.3. The van der Waals surface area contributed by atoms with Crippen LogP contribution in [-0.2, 0) is 0 Å². The van der Waals surface area contributed by atoms with E-state index in [0.29, 0.717) is 16.8 Å². The fraction of sp³-hybridized carbons (Fsp3) is 0.346. The summed E-state index contributed by atoms with van der Waals surface area (Å²) in [7, 11) is 1.61. The van der Waals surface area contributed by atoms with Gasteiger partial charge in [-0.3, -0.25) is 4.79 Å². The summed E-state index contributed by atoms with van der Waals surface area (Å²) in [4.78, 5) is 20.5. The molecule has 1 N–H and O–H groups in total. The Labute approximate surface area is 193 Å². The van der Waals surface area contributed by atoms with Crippen LogP contribution in [0.3, 0.4) is 0 Å². The second-order valence-electron chi connectivity index (χ2n) is 8.08. The summed E-state index contributed by atoms with van der Waals surface area (Å²) in [6.45, 7) is 2.96. The van der Waals surface area contributed by atoms with Crippen molar-refractivity contribution in [2.24, 2.45) is 5.10 Å². The van der Waals surface area contributed by atoms with Crippen LogP contribution < -0.4 is 15.0 Å². The van der Waals surface area contributed by atoms with Crippen LogP contribution in [0.1, 0.15) is 51.0 Å². The quantitative estimate of drug-likeness (QED) is 0.243. The molecule has 0 atom stereocenters. The fourth-order valence-corrected chi connectivity index (χ4v) is 3.79. The molecule has 0 aliphatic rings. The number of hydrogen-bond donors (Lipinski definition) is 1. The lowest BCUT2D eigenvalue weighted by atomic mass is 10.1. The van der Waals surface area contributed by atoms with E-state index in [9.17, 15) is 4.79 Å². The lowest BCUT2D eigenvalue weighted by Crippen LogP contribution is -2.17. The van der Waals surface area contributed by atoms with Crippen molar-refractivity contribution in [1.29, 1.82) is 0 Å². The number of hydrogen-bond acceptors (Lipinski definition) is 5. The first-order valence-electron chi connectivity index (χ1n) is 11.5. The summed E-state index contributed by atoms with van der Waals surface area (Å²) in [6, 6.07) is 13.3. The van der Waals surface area contributed by atoms with E-state index in [1.54, 1.807) is 13.3 Å². The third-order valence-electron chi connectivity index (χ3n) is 5.67. The second-order valence-corrected chi connectivity index (χ2v) is 8.08. The first kappa shape index (κ1) is 22.6. The molecule has 0 aliphatic heterocycles. The predicted octanol–water partition coefficient (Wildman–Crippen LogP) is 5.51. The van der Waals surface area contributed by atoms with Crippen LogP contribution >= 0.6 is 0 Å². The maximum Gasteiger partial charge on any atom is 0.298 e. The van der Waals surface area contributed by atoms with Gasteiger partial charge < -0.3 is 14.5 Å². The third-order valence-corrected chi connectivity index (χ3v) is 5.67. The lowest BCUT2D eigenvalue weighted by Gasteiger charge is -2.06. The van der Waals surface area contributed by atoms with Crippen LogP contribution in [0.2, 0.25) is 0 Å². The van der Waals surface area contributed by atoms with Gasteiger partial charge in [-0.2, -0.15) is 9.78 Å². The molecule has 0 saturated carbocycles. The van der Waals surface area contributed by atoms with Crippen molar-refractivity contribution >= 4 is 28.2 Å². The van der Waals surface area contributed by atoms with E-state index in [2.05, 4.69) is 22.0 Å². The first-order chi connectivity index (χ1) is 16.2. The molecule has 0 bridgehead atoms. The average Bonchev–Trinajstić information content (AvgIpc) is 3.22. The van der Waals surface area contributed by atoms with E-state index in [-0.39, 0.29) is 5.56 Å². The molecule has 0 aliphatic carbocycles. The van der Waals surface area contributed by atoms with Crippen molar-refractivity contribution in [3.05, 3.63) is 64.7 Å². The molecule has 0 fully saturated rings. The van der Waals surface area contributed by atoms with E-state index >= 15 is 0 Å². The number of nitrogens with zero attached hydrogens (tertiary/aromatic N) is 3. The van der Waals surface area contributed by atoms with Crippen molar-refractivity contribution in [3.8, 4) is 11.5 Å². The van der Waals surface area contributed by atoms with Crippen molar-refractivity contribution in [2.75, 3.05) is 13.7 Å². The molecule has 2 aromatic carbocycles. The molecule has 4 rings (SSSR count). The number of aromatic nitrogens is 3. The minimum Gasteiger partial charge on any atom is -0.497 e. The van der Waals surface area contributed by atoms with Gasteiger partial charge in [0.15, 0.2) is 0 Å². The van der Waals surface area contributed by atoms with Gasteiger partial charge in [0.2, 0.25) is 0 Å². The Morgan fingerprint density at radius 1 is 1.03 bits per heavy atom. The Morgan fingerprint density at radius 3 is 2.58 bits per heavy atom. The smallest absolute Gasteiger partial charge is 0.298 e. The maximum atomic E-state index is 12.9. The molecule has 0 saturated heterocycles. The zero-order valence-corrected chi connectivity index (χ0v) is 19.2. The first-order valence-corrected chi connectivity index (χ1v) is 11.5. The van der Waals surface area contributed by atoms with Crippen LogP contribution in [0, 0.1) is 0 Å². The highest BCUT2D eigenvalue weighted by atomic mass is 16.5. The molecule has 33 heavy (non-hydrogen) atoms. The summed E-state index contributed by atoms with van der Waals surface area (Å²) in [5.41, 5.74) is 2.46. The van der Waals surface area contributed by atoms with Gasteiger partial charge in [0.05, 0.1) is 19.9 Å². The zero-order chi connectivity index (χ0) is 23.0. The summed E-state index contributed by atoms with van der Waals surface area (Å²) >= 11 is 0. The van der Waals surface area contributed by atoms with Crippen molar-refractivity contribution in [2.45, 2.75) is 45.4 Å². The normalized spacial score (nSPS) is 11.6. The van der Waals surface area contributed by atoms with E-state index in [1.165, 1.54) is 43.1 Å². The van der Waals surface area contributed by atoms with Gasteiger partial charge >= 0.3 is 0 Å². The number of nitrogens with one attached hydrogen (secondary N) is 1. The number of H-pyrrole nitrogens is 1. The van der Waals surface area contributed by atoms with E-state index < -0.39 is 0 Å². The summed E-state index contributed by atoms with van der Waals surface area (Å²) in [6.07, 6.45) is 10.5. The number of benzene rings is 2. The second kappa shape index (κ2) is 10.8. The molecule has 0 amide bonds. The zero-order valence-electron chi connectivity index (χ0n) is 19.2. The molecular weight excluding hydrogens is 416 g/mol. The van der Waals surface area contributed by atoms with E-state index in [1.807, 2.05) is 42.5 Å². The number of fused-ring (bicyclic) bond motifs is 3. The maximum absolute atomic E-state index is 12.9. The van der Waals surface area contributed by atoms with Gasteiger partial charge in [0.25, 0.3) is 5.56 Å². The van der Waals surface area contributed by atoms with Crippen LogP contribution in [-0.4, -0.2) is 34.6 Å². The molecule has 4 aromatic rings. The number of unbranched alkanes of at least 4 members (excludes halogenated alkanes) is 5. The minimum atomic E-state index is -0.259. The Kier molecular flexibility index (Phi) is 7.40. The standard InChI is InChI=1S/C26H30N4O3/c1-3-4-5-6-7-8-15-33-20-11-9-19(10-12-20)17-28-30-18-27-24-22-16-21(32-2)13-14-23(22)29-25(24)26(30)31/h9-14,16-18,29H,3-8,15H2,1-2H3. The van der Waals surface area contributed by atoms with E-state index in [4.69, 9.17) is 9.47 Å². The van der Waals surface area contributed by atoms with Gasteiger partial charge in [0, 0.05) is 10.9 Å². The van der Waals surface area contributed by atoms with Gasteiger partial charge in [-0.05, 0) is 54.4 Å². The lowest BCUT2D eigenvalue weighted by molar-refractivity contribution is 0.304. The molecule has 2 aromatic heterocycles. The van der Waals surface area contributed by atoms with Gasteiger partial charge in [-0.25, -0.2) is 4.98 Å². The summed E-state index contributed by atoms with van der Waals surface area (Å²) in [5, 5.41) is 5.14. The largest absolute Gasteiger partial charge is 0.497 e. The number of ether oxygens (including phenoxy) is 2. The van der Waals surface area contributed by atoms with Gasteiger partial charge in [-0.1, -0.05) is 39.0 Å². The van der Waals surface area contributed by atoms with Crippen molar-refractivity contribution in [1.82, 2.24) is 14.6 Å². The number of aromatic amines is 1. The summed E-state index contributed by atoms with van der Waals surface area (Å²) in [5.74, 6) is 1.56. The van der Waals surface area contributed by atoms with Crippen molar-refractivity contribution < 1.29 is 9.47 Å². The third kappa shape index (κ3) is 5.42. The molecular formula is C26H30N4O3. The fourth-order valence-electron chi connectivity index (χ4n) is 3.79. The molecule has 7 nitrogen and oxygen atoms in total. The minimum absolute atomic E-state index is 0.259. The Balaban J connectivity index is 1.40. The monoisotopic (exact) mass is 446 g/mol. The van der Waals surface area contributed by atoms with Gasteiger partial charge in [-0.15, -0.1) is 0 Å². The highest BCUT2D eigenvalue weighted by Crippen LogP contribution is 2.25. The SMILES string of the molecule is CCCCCCCCOc1ccc(C=Nn2cnc3c([nH]c4ccc(OC)cc43)c2=O)cc1. The average molecular weight is 447 g/mol. The predicted molar refractivity (Wildman–Crippen MR) is 133 cm³/mol. The Bertz CT molecular complexity index is 1290. The number of rotatable bonds is 11. The highest BCUT2D eigenvalue weighted by molar-refractivity contribution is 6.04. The molecule has 2 heterocycles. The van der Waals surface area contributed by atoms with Crippen LogP contribution in [0.25, 0.3) is 21.9 Å². The topological polar surface area (TPSA) is 81.5 Å². The molecule has 172 valence electrons. The Morgan fingerprint density at radius 2 is 1.79 bits per heavy atom. The van der Waals surface area contributed by atoms with Crippen LogP contribution in [0.4, 0.5) is 0 Å². The Hall–Kier alpha value is -3.61.